The number of carbonyl (C=O) groups is 2. The zero-order valence-electron chi connectivity index (χ0n) is 16.8. The van der Waals surface area contributed by atoms with Gasteiger partial charge in [-0.2, -0.15) is 10.2 Å². The first kappa shape index (κ1) is 20.7. The van der Waals surface area contributed by atoms with Gasteiger partial charge < -0.3 is 9.64 Å². The Morgan fingerprint density at radius 1 is 1.10 bits per heavy atom. The molecule has 1 aromatic heterocycles. The number of hydrogen-bond acceptors (Lipinski definition) is 6. The number of amides is 2. The van der Waals surface area contributed by atoms with E-state index in [9.17, 15) is 14.4 Å². The van der Waals surface area contributed by atoms with Crippen molar-refractivity contribution < 1.29 is 14.3 Å². The molecule has 9 nitrogen and oxygen atoms in total. The molecular weight excluding hydrogens is 386 g/mol. The Morgan fingerprint density at radius 3 is 2.43 bits per heavy atom. The molecule has 30 heavy (non-hydrogen) atoms. The van der Waals surface area contributed by atoms with E-state index in [4.69, 9.17) is 4.74 Å². The minimum atomic E-state index is -0.538. The summed E-state index contributed by atoms with van der Waals surface area (Å²) >= 11 is 0. The van der Waals surface area contributed by atoms with Gasteiger partial charge in [-0.25, -0.2) is 10.5 Å². The van der Waals surface area contributed by atoms with Gasteiger partial charge in [-0.1, -0.05) is 18.2 Å². The fourth-order valence-corrected chi connectivity index (χ4v) is 2.61. The van der Waals surface area contributed by atoms with Crippen molar-refractivity contribution in [1.29, 1.82) is 0 Å². The van der Waals surface area contributed by atoms with Crippen LogP contribution in [0.4, 0.5) is 0 Å². The molecule has 2 aromatic carbocycles. The van der Waals surface area contributed by atoms with E-state index in [1.54, 1.807) is 69.6 Å². The lowest BCUT2D eigenvalue weighted by Crippen LogP contribution is -2.27. The maximum atomic E-state index is 12.5. The predicted molar refractivity (Wildman–Crippen MR) is 113 cm³/mol. The molecule has 0 spiro atoms. The summed E-state index contributed by atoms with van der Waals surface area (Å²) in [6.45, 7) is 1.69. The number of likely N-dealkylation sites (N-methyl/N-ethyl adjacent to an activating group) is 1. The van der Waals surface area contributed by atoms with Crippen molar-refractivity contribution in [2.24, 2.45) is 5.10 Å². The van der Waals surface area contributed by atoms with E-state index in [0.717, 1.165) is 5.56 Å². The number of fused-ring (bicyclic) bond motifs is 1. The monoisotopic (exact) mass is 407 g/mol. The average molecular weight is 407 g/mol. The van der Waals surface area contributed by atoms with Gasteiger partial charge in [0.15, 0.2) is 12.3 Å². The molecular formula is C21H21N5O4. The maximum Gasteiger partial charge on any atom is 0.292 e. The second-order valence-electron chi connectivity index (χ2n) is 6.69. The number of nitrogens with zero attached hydrogens (tertiary/aromatic N) is 3. The molecule has 2 amide bonds. The van der Waals surface area contributed by atoms with Gasteiger partial charge in [0, 0.05) is 19.5 Å². The first-order valence-corrected chi connectivity index (χ1v) is 9.12. The second-order valence-corrected chi connectivity index (χ2v) is 6.69. The number of aromatic amines is 1. The zero-order chi connectivity index (χ0) is 21.7. The summed E-state index contributed by atoms with van der Waals surface area (Å²) < 4.78 is 5.43. The molecule has 1 heterocycles. The molecule has 0 fully saturated rings. The van der Waals surface area contributed by atoms with Crippen LogP contribution < -0.4 is 15.7 Å². The normalized spacial score (nSPS) is 11.2. The topological polar surface area (TPSA) is 117 Å². The second kappa shape index (κ2) is 8.99. The number of nitrogens with one attached hydrogen (secondary N) is 2. The Kier molecular flexibility index (Phi) is 6.21. The smallest absolute Gasteiger partial charge is 0.292 e. The van der Waals surface area contributed by atoms with Crippen LogP contribution in [0.25, 0.3) is 10.8 Å². The van der Waals surface area contributed by atoms with Crippen LogP contribution in [-0.2, 0) is 4.79 Å². The summed E-state index contributed by atoms with van der Waals surface area (Å²) in [5.41, 5.74) is 3.50. The lowest BCUT2D eigenvalue weighted by molar-refractivity contribution is -0.130. The maximum absolute atomic E-state index is 12.5. The van der Waals surface area contributed by atoms with Gasteiger partial charge in [0.25, 0.3) is 17.4 Å². The Labute approximate surface area is 172 Å². The van der Waals surface area contributed by atoms with Crippen LogP contribution in [0.1, 0.15) is 23.0 Å². The molecule has 0 aliphatic carbocycles. The van der Waals surface area contributed by atoms with Crippen LogP contribution in [0.2, 0.25) is 0 Å². The quantitative estimate of drug-likeness (QED) is 0.475. The summed E-state index contributed by atoms with van der Waals surface area (Å²) in [6.07, 6.45) is 0. The molecule has 0 saturated carbocycles. The highest BCUT2D eigenvalue weighted by Gasteiger charge is 2.13. The third kappa shape index (κ3) is 4.69. The summed E-state index contributed by atoms with van der Waals surface area (Å²) in [5, 5.41) is 11.1. The van der Waals surface area contributed by atoms with Gasteiger partial charge in [0.05, 0.1) is 11.1 Å². The number of hydrazone groups is 1. The Morgan fingerprint density at radius 2 is 1.77 bits per heavy atom. The summed E-state index contributed by atoms with van der Waals surface area (Å²) in [6, 6.07) is 13.7. The number of carbonyl (C=O) groups excluding carboxylic acids is 2. The van der Waals surface area contributed by atoms with Crippen molar-refractivity contribution in [2.75, 3.05) is 20.7 Å². The number of benzene rings is 2. The molecule has 9 heteroatoms. The van der Waals surface area contributed by atoms with Crippen LogP contribution in [-0.4, -0.2) is 53.3 Å². The molecule has 0 aliphatic rings. The molecule has 0 aliphatic heterocycles. The molecule has 3 rings (SSSR count). The van der Waals surface area contributed by atoms with Gasteiger partial charge in [0.1, 0.15) is 5.75 Å². The van der Waals surface area contributed by atoms with Gasteiger partial charge in [0.2, 0.25) is 0 Å². The lowest BCUT2D eigenvalue weighted by Gasteiger charge is -2.11. The number of ether oxygens (including phenoxy) is 1. The van der Waals surface area contributed by atoms with Gasteiger partial charge in [-0.05, 0) is 42.8 Å². The first-order valence-electron chi connectivity index (χ1n) is 9.12. The number of rotatable bonds is 6. The molecule has 0 atom stereocenters. The summed E-state index contributed by atoms with van der Waals surface area (Å²) in [4.78, 5) is 37.4. The summed E-state index contributed by atoms with van der Waals surface area (Å²) in [5.74, 6) is -0.124. The van der Waals surface area contributed by atoms with Gasteiger partial charge in [-0.3, -0.25) is 14.4 Å². The fraction of sp³-hybridized carbons (Fsp3) is 0.190. The van der Waals surface area contributed by atoms with E-state index in [1.165, 1.54) is 4.90 Å². The zero-order valence-corrected chi connectivity index (χ0v) is 16.8. The minimum absolute atomic E-state index is 0.0460. The van der Waals surface area contributed by atoms with E-state index >= 15 is 0 Å². The third-order valence-corrected chi connectivity index (χ3v) is 4.37. The minimum Gasteiger partial charge on any atom is -0.484 e. The van der Waals surface area contributed by atoms with Crippen LogP contribution >= 0.6 is 0 Å². The standard InChI is InChI=1S/C21H21N5O4/c1-13(14-8-10-15(11-9-14)30-12-18(27)26(2)3)22-25-21(29)19-16-6-4-5-7-17(16)20(28)24-23-19/h4-11H,12H2,1-3H3,(H,24,28)(H,25,29)/b22-13-. The van der Waals surface area contributed by atoms with Crippen molar-refractivity contribution in [3.05, 3.63) is 70.1 Å². The molecule has 2 N–H and O–H groups in total. The fourth-order valence-electron chi connectivity index (χ4n) is 2.61. The van der Waals surface area contributed by atoms with Crippen molar-refractivity contribution in [1.82, 2.24) is 20.5 Å². The predicted octanol–water partition coefficient (Wildman–Crippen LogP) is 1.54. The molecule has 0 saturated heterocycles. The van der Waals surface area contributed by atoms with Crippen molar-refractivity contribution >= 4 is 28.3 Å². The number of aromatic nitrogens is 2. The van der Waals surface area contributed by atoms with E-state index in [1.807, 2.05) is 0 Å². The van der Waals surface area contributed by atoms with Crippen LogP contribution in [0.3, 0.4) is 0 Å². The van der Waals surface area contributed by atoms with Crippen LogP contribution in [0, 0.1) is 0 Å². The lowest BCUT2D eigenvalue weighted by atomic mass is 10.1. The highest BCUT2D eigenvalue weighted by Crippen LogP contribution is 2.14. The molecule has 3 aromatic rings. The van der Waals surface area contributed by atoms with E-state index in [-0.39, 0.29) is 23.8 Å². The van der Waals surface area contributed by atoms with E-state index in [2.05, 4.69) is 20.7 Å². The summed E-state index contributed by atoms with van der Waals surface area (Å²) in [7, 11) is 3.32. The highest BCUT2D eigenvalue weighted by molar-refractivity contribution is 6.06. The van der Waals surface area contributed by atoms with Crippen molar-refractivity contribution in [3.8, 4) is 5.75 Å². The van der Waals surface area contributed by atoms with E-state index < -0.39 is 5.91 Å². The number of H-pyrrole nitrogens is 1. The Hall–Kier alpha value is -4.01. The molecule has 0 radical (unpaired) electrons. The van der Waals surface area contributed by atoms with Crippen LogP contribution in [0.5, 0.6) is 5.75 Å². The molecule has 0 bridgehead atoms. The largest absolute Gasteiger partial charge is 0.484 e. The van der Waals surface area contributed by atoms with Crippen molar-refractivity contribution in [3.63, 3.8) is 0 Å². The Balaban J connectivity index is 1.69. The first-order chi connectivity index (χ1) is 14.4. The number of hydrogen-bond donors (Lipinski definition) is 2. The highest BCUT2D eigenvalue weighted by atomic mass is 16.5. The SMILES string of the molecule is C/C(=N/NC(=O)c1n[nH]c(=O)c2ccccc12)c1ccc(OCC(=O)N(C)C)cc1. The Bertz CT molecular complexity index is 1170. The van der Waals surface area contributed by atoms with Crippen LogP contribution in [0.15, 0.2) is 58.4 Å². The third-order valence-electron chi connectivity index (χ3n) is 4.37. The molecule has 154 valence electrons. The van der Waals surface area contributed by atoms with Gasteiger partial charge in [-0.15, -0.1) is 0 Å². The van der Waals surface area contributed by atoms with E-state index in [0.29, 0.717) is 22.2 Å². The average Bonchev–Trinajstić information content (AvgIpc) is 2.76. The molecule has 0 unspecified atom stereocenters. The van der Waals surface area contributed by atoms with Crippen molar-refractivity contribution in [2.45, 2.75) is 6.92 Å². The van der Waals surface area contributed by atoms with Gasteiger partial charge >= 0.3 is 0 Å².